The Kier molecular flexibility index (Phi) is 6.11. The lowest BCUT2D eigenvalue weighted by Crippen LogP contribution is -2.48. The van der Waals surface area contributed by atoms with Crippen molar-refractivity contribution in [3.05, 3.63) is 0 Å². The van der Waals surface area contributed by atoms with Gasteiger partial charge >= 0.3 is 6.09 Å². The van der Waals surface area contributed by atoms with Crippen molar-refractivity contribution in [1.82, 2.24) is 4.90 Å². The van der Waals surface area contributed by atoms with Crippen molar-refractivity contribution in [2.75, 3.05) is 13.2 Å². The molecule has 0 aromatic heterocycles. The monoisotopic (exact) mass is 271 g/mol. The minimum absolute atomic E-state index is 0.187. The van der Waals surface area contributed by atoms with Crippen LogP contribution in [0, 0.1) is 5.92 Å². The molecule has 1 heterocycles. The van der Waals surface area contributed by atoms with Gasteiger partial charge in [0.25, 0.3) is 0 Å². The fourth-order valence-electron chi connectivity index (χ4n) is 2.75. The minimum Gasteiger partial charge on any atom is -0.444 e. The average Bonchev–Trinajstić information content (AvgIpc) is 2.27. The van der Waals surface area contributed by atoms with Crippen LogP contribution in [0.1, 0.15) is 59.8 Å². The van der Waals surface area contributed by atoms with E-state index in [0.29, 0.717) is 5.92 Å². The van der Waals surface area contributed by atoms with E-state index in [0.717, 1.165) is 38.6 Å². The second-order valence-electron chi connectivity index (χ2n) is 6.52. The number of rotatable bonds is 4. The summed E-state index contributed by atoms with van der Waals surface area (Å²) in [7, 11) is 0. The van der Waals surface area contributed by atoms with Gasteiger partial charge in [-0.15, -0.1) is 0 Å². The number of likely N-dealkylation sites (tertiary alicyclic amines) is 1. The second-order valence-corrected chi connectivity index (χ2v) is 6.52. The molecule has 2 atom stereocenters. The molecule has 0 aliphatic carbocycles. The molecule has 2 unspecified atom stereocenters. The van der Waals surface area contributed by atoms with Gasteiger partial charge in [-0.3, -0.25) is 0 Å². The van der Waals surface area contributed by atoms with Crippen molar-refractivity contribution in [2.45, 2.75) is 71.4 Å². The highest BCUT2D eigenvalue weighted by molar-refractivity contribution is 5.68. The van der Waals surface area contributed by atoms with Crippen molar-refractivity contribution in [2.24, 2.45) is 5.92 Å². The zero-order valence-corrected chi connectivity index (χ0v) is 12.8. The third kappa shape index (κ3) is 5.39. The quantitative estimate of drug-likeness (QED) is 0.854. The van der Waals surface area contributed by atoms with E-state index < -0.39 is 5.60 Å². The zero-order valence-electron chi connectivity index (χ0n) is 12.8. The predicted octanol–water partition coefficient (Wildman–Crippen LogP) is 3.18. The highest BCUT2D eigenvalue weighted by Gasteiger charge is 2.33. The van der Waals surface area contributed by atoms with Crippen molar-refractivity contribution >= 4 is 6.09 Å². The van der Waals surface area contributed by atoms with E-state index >= 15 is 0 Å². The van der Waals surface area contributed by atoms with Gasteiger partial charge in [0.1, 0.15) is 5.60 Å². The predicted molar refractivity (Wildman–Crippen MR) is 76.1 cm³/mol. The van der Waals surface area contributed by atoms with Gasteiger partial charge in [-0.25, -0.2) is 4.79 Å². The molecule has 19 heavy (non-hydrogen) atoms. The fourth-order valence-corrected chi connectivity index (χ4v) is 2.75. The number of nitrogens with zero attached hydrogens (tertiary/aromatic N) is 1. The topological polar surface area (TPSA) is 49.8 Å². The first kappa shape index (κ1) is 16.3. The van der Waals surface area contributed by atoms with E-state index in [1.54, 1.807) is 0 Å². The number of carbonyl (C=O) groups is 1. The number of ether oxygens (including phenoxy) is 1. The number of carbonyl (C=O) groups excluding carboxylic acids is 1. The van der Waals surface area contributed by atoms with Crippen LogP contribution in [0.5, 0.6) is 0 Å². The molecule has 1 aliphatic rings. The van der Waals surface area contributed by atoms with Gasteiger partial charge < -0.3 is 14.7 Å². The molecule has 0 bridgehead atoms. The Labute approximate surface area is 117 Å². The van der Waals surface area contributed by atoms with Crippen LogP contribution in [0.3, 0.4) is 0 Å². The molecule has 1 aliphatic heterocycles. The maximum atomic E-state index is 12.2. The van der Waals surface area contributed by atoms with Gasteiger partial charge in [-0.1, -0.05) is 13.3 Å². The van der Waals surface area contributed by atoms with E-state index in [4.69, 9.17) is 9.84 Å². The van der Waals surface area contributed by atoms with Crippen molar-refractivity contribution in [1.29, 1.82) is 0 Å². The van der Waals surface area contributed by atoms with Crippen LogP contribution in [0.25, 0.3) is 0 Å². The molecule has 1 rings (SSSR count). The summed E-state index contributed by atoms with van der Waals surface area (Å²) < 4.78 is 5.49. The molecule has 112 valence electrons. The Hall–Kier alpha value is -0.770. The Morgan fingerprint density at radius 3 is 2.58 bits per heavy atom. The summed E-state index contributed by atoms with van der Waals surface area (Å²) >= 11 is 0. The average molecular weight is 271 g/mol. The van der Waals surface area contributed by atoms with Gasteiger partial charge in [0.15, 0.2) is 0 Å². The van der Waals surface area contributed by atoms with E-state index in [1.165, 1.54) is 0 Å². The van der Waals surface area contributed by atoms with Crippen molar-refractivity contribution in [3.63, 3.8) is 0 Å². The van der Waals surface area contributed by atoms with Crippen LogP contribution in [0.15, 0.2) is 0 Å². The number of hydrogen-bond acceptors (Lipinski definition) is 3. The van der Waals surface area contributed by atoms with Crippen LogP contribution in [0.2, 0.25) is 0 Å². The molecule has 1 fully saturated rings. The largest absolute Gasteiger partial charge is 0.444 e. The molecule has 4 nitrogen and oxygen atoms in total. The van der Waals surface area contributed by atoms with Gasteiger partial charge in [-0.2, -0.15) is 0 Å². The maximum Gasteiger partial charge on any atom is 0.410 e. The maximum absolute atomic E-state index is 12.2. The summed E-state index contributed by atoms with van der Waals surface area (Å²) in [4.78, 5) is 14.1. The first-order valence-corrected chi connectivity index (χ1v) is 7.47. The molecule has 0 saturated carbocycles. The summed E-state index contributed by atoms with van der Waals surface area (Å²) in [5.41, 5.74) is -0.435. The zero-order chi connectivity index (χ0) is 14.5. The minimum atomic E-state index is -0.435. The van der Waals surface area contributed by atoms with Crippen LogP contribution in [0.4, 0.5) is 4.79 Å². The molecular formula is C15H29NO3. The van der Waals surface area contributed by atoms with Crippen LogP contribution >= 0.6 is 0 Å². The standard InChI is InChI=1S/C15H29NO3/c1-5-6-13-11-12(8-10-17)7-9-16(13)14(18)19-15(2,3)4/h12-13,17H,5-11H2,1-4H3. The Balaban J connectivity index is 2.63. The number of aliphatic hydroxyl groups is 1. The van der Waals surface area contributed by atoms with Gasteiger partial charge in [0.2, 0.25) is 0 Å². The van der Waals surface area contributed by atoms with E-state index in [1.807, 2.05) is 25.7 Å². The van der Waals surface area contributed by atoms with Crippen LogP contribution in [-0.2, 0) is 4.74 Å². The Morgan fingerprint density at radius 2 is 2.05 bits per heavy atom. The lowest BCUT2D eigenvalue weighted by atomic mass is 9.87. The number of piperidine rings is 1. The van der Waals surface area contributed by atoms with Crippen molar-refractivity contribution < 1.29 is 14.6 Å². The SMILES string of the molecule is CCCC1CC(CCO)CCN1C(=O)OC(C)(C)C. The normalized spacial score (nSPS) is 24.4. The molecule has 0 spiro atoms. The van der Waals surface area contributed by atoms with Crippen LogP contribution < -0.4 is 0 Å². The number of hydrogen-bond donors (Lipinski definition) is 1. The van der Waals surface area contributed by atoms with E-state index in [2.05, 4.69) is 6.92 Å². The van der Waals surface area contributed by atoms with E-state index in [-0.39, 0.29) is 18.7 Å². The molecule has 0 radical (unpaired) electrons. The Morgan fingerprint density at radius 1 is 1.37 bits per heavy atom. The molecule has 0 aromatic rings. The molecule has 4 heteroatoms. The highest BCUT2D eigenvalue weighted by atomic mass is 16.6. The van der Waals surface area contributed by atoms with Crippen molar-refractivity contribution in [3.8, 4) is 0 Å². The molecular weight excluding hydrogens is 242 g/mol. The summed E-state index contributed by atoms with van der Waals surface area (Å²) in [6, 6.07) is 0.269. The Bertz CT molecular complexity index is 286. The molecule has 0 aromatic carbocycles. The molecule has 1 amide bonds. The number of amides is 1. The smallest absolute Gasteiger partial charge is 0.410 e. The van der Waals surface area contributed by atoms with Gasteiger partial charge in [0.05, 0.1) is 0 Å². The molecule has 1 saturated heterocycles. The highest BCUT2D eigenvalue weighted by Crippen LogP contribution is 2.29. The third-order valence-electron chi connectivity index (χ3n) is 3.61. The number of aliphatic hydroxyl groups excluding tert-OH is 1. The second kappa shape index (κ2) is 7.13. The summed E-state index contributed by atoms with van der Waals surface area (Å²) in [5, 5.41) is 9.06. The fraction of sp³-hybridized carbons (Fsp3) is 0.933. The summed E-state index contributed by atoms with van der Waals surface area (Å²) in [6.45, 7) is 8.85. The lowest BCUT2D eigenvalue weighted by Gasteiger charge is -2.40. The van der Waals surface area contributed by atoms with E-state index in [9.17, 15) is 4.79 Å². The summed E-state index contributed by atoms with van der Waals surface area (Å²) in [5.74, 6) is 0.542. The van der Waals surface area contributed by atoms with Gasteiger partial charge in [0, 0.05) is 19.2 Å². The first-order chi connectivity index (χ1) is 8.87. The lowest BCUT2D eigenvalue weighted by molar-refractivity contribution is 0.00207. The first-order valence-electron chi connectivity index (χ1n) is 7.47. The third-order valence-corrected chi connectivity index (χ3v) is 3.61. The van der Waals surface area contributed by atoms with Gasteiger partial charge in [-0.05, 0) is 52.4 Å². The summed E-state index contributed by atoms with van der Waals surface area (Å²) in [6.07, 6.45) is 4.71. The molecule has 1 N–H and O–H groups in total. The van der Waals surface area contributed by atoms with Crippen LogP contribution in [-0.4, -0.2) is 40.9 Å².